The quantitative estimate of drug-likeness (QED) is 0.655. The van der Waals surface area contributed by atoms with E-state index in [1.807, 2.05) is 0 Å². The van der Waals surface area contributed by atoms with Gasteiger partial charge in [0.15, 0.2) is 0 Å². The maximum atomic E-state index is 12.5. The van der Waals surface area contributed by atoms with E-state index in [0.29, 0.717) is 5.56 Å². The van der Waals surface area contributed by atoms with Gasteiger partial charge in [0.25, 0.3) is 10.0 Å². The normalized spacial score (nSPS) is 13.1. The van der Waals surface area contributed by atoms with Crippen LogP contribution in [0.3, 0.4) is 0 Å². The molecule has 0 unspecified atom stereocenters. The third-order valence-electron chi connectivity index (χ3n) is 3.54. The summed E-state index contributed by atoms with van der Waals surface area (Å²) in [7, 11) is -8.67. The van der Waals surface area contributed by atoms with Crippen LogP contribution in [-0.2, 0) is 26.5 Å². The first-order valence-electron chi connectivity index (χ1n) is 7.38. The van der Waals surface area contributed by atoms with E-state index in [1.165, 1.54) is 25.1 Å². The molecule has 1 N–H and O–H groups in total. The topological polar surface area (TPSA) is 109 Å². The molecule has 0 saturated heterocycles. The van der Waals surface area contributed by atoms with E-state index in [9.17, 15) is 30.0 Å². The maximum Gasteiger partial charge on any atom is 0.511 e. The fraction of sp³-hybridized carbons (Fsp3) is 0.385. The van der Waals surface area contributed by atoms with Crippen LogP contribution in [-0.4, -0.2) is 50.4 Å². The Morgan fingerprint density at radius 2 is 1.86 bits per heavy atom. The molecule has 0 fully saturated rings. The Kier molecular flexibility index (Phi) is 6.60. The molecule has 28 heavy (non-hydrogen) atoms. The number of sulfonamides is 2. The second-order valence-corrected chi connectivity index (χ2v) is 10.6. The fourth-order valence-electron chi connectivity index (χ4n) is 1.99. The lowest BCUT2D eigenvalue weighted by Crippen LogP contribution is -2.39. The molecule has 1 aromatic carbocycles. The van der Waals surface area contributed by atoms with Gasteiger partial charge in [0.2, 0.25) is 5.13 Å². The highest BCUT2D eigenvalue weighted by atomic mass is 35.5. The van der Waals surface area contributed by atoms with Crippen molar-refractivity contribution in [2.45, 2.75) is 23.7 Å². The number of hydrogen-bond acceptors (Lipinski definition) is 7. The highest BCUT2D eigenvalue weighted by Gasteiger charge is 2.48. The van der Waals surface area contributed by atoms with E-state index in [0.717, 1.165) is 18.4 Å². The Morgan fingerprint density at radius 1 is 1.21 bits per heavy atom. The minimum Gasteiger partial charge on any atom is -0.253 e. The largest absolute Gasteiger partial charge is 0.511 e. The summed E-state index contributed by atoms with van der Waals surface area (Å²) in [5, 5.41) is 7.59. The van der Waals surface area contributed by atoms with Crippen LogP contribution < -0.4 is 4.72 Å². The van der Waals surface area contributed by atoms with Gasteiger partial charge in [-0.1, -0.05) is 29.0 Å². The molecule has 2 rings (SSSR count). The second-order valence-electron chi connectivity index (χ2n) is 5.49. The maximum absolute atomic E-state index is 12.5. The van der Waals surface area contributed by atoms with Gasteiger partial charge in [-0.05, 0) is 24.6 Å². The first-order valence-corrected chi connectivity index (χ1v) is 11.5. The van der Waals surface area contributed by atoms with Crippen LogP contribution in [0.4, 0.5) is 18.3 Å². The summed E-state index contributed by atoms with van der Waals surface area (Å²) in [6.07, 6.45) is -0.179. The predicted molar refractivity (Wildman–Crippen MR) is 98.2 cm³/mol. The summed E-state index contributed by atoms with van der Waals surface area (Å²) in [4.78, 5) is -0.0623. The number of benzene rings is 1. The van der Waals surface area contributed by atoms with E-state index < -0.39 is 32.1 Å². The van der Waals surface area contributed by atoms with Gasteiger partial charge in [0, 0.05) is 25.0 Å². The van der Waals surface area contributed by atoms with Crippen LogP contribution >= 0.6 is 22.9 Å². The van der Waals surface area contributed by atoms with Crippen molar-refractivity contribution in [3.05, 3.63) is 33.8 Å². The zero-order valence-corrected chi connectivity index (χ0v) is 17.6. The Labute approximate surface area is 168 Å². The van der Waals surface area contributed by atoms with Crippen molar-refractivity contribution in [1.29, 1.82) is 0 Å². The average Bonchev–Trinajstić information content (AvgIpc) is 3.00. The molecular formula is C13H14ClF3N4O4S3. The third-order valence-corrected chi connectivity index (χ3v) is 8.05. The number of halogens is 4. The van der Waals surface area contributed by atoms with Crippen molar-refractivity contribution in [3.63, 3.8) is 0 Å². The Hall–Kier alpha value is -1.48. The molecule has 2 aromatic rings. The minimum absolute atomic E-state index is 0.0623. The number of nitrogens with one attached hydrogen (secondary N) is 1. The lowest BCUT2D eigenvalue weighted by Gasteiger charge is -2.17. The second kappa shape index (κ2) is 8.10. The number of alkyl halides is 3. The zero-order valence-electron chi connectivity index (χ0n) is 14.4. The van der Waals surface area contributed by atoms with Crippen molar-refractivity contribution in [2.24, 2.45) is 0 Å². The van der Waals surface area contributed by atoms with Gasteiger partial charge in [-0.15, -0.1) is 10.2 Å². The number of anilines is 1. The van der Waals surface area contributed by atoms with Gasteiger partial charge < -0.3 is 0 Å². The summed E-state index contributed by atoms with van der Waals surface area (Å²) in [5.41, 5.74) is -5.07. The number of nitrogens with zero attached hydrogens (tertiary/aromatic N) is 3. The van der Waals surface area contributed by atoms with E-state index >= 15 is 0 Å². The lowest BCUT2D eigenvalue weighted by molar-refractivity contribution is -0.0482. The summed E-state index contributed by atoms with van der Waals surface area (Å²) in [5.74, 6) is 0. The molecule has 1 heterocycles. The Balaban J connectivity index is 2.10. The van der Waals surface area contributed by atoms with Gasteiger partial charge in [-0.2, -0.15) is 17.5 Å². The number of rotatable bonds is 7. The van der Waals surface area contributed by atoms with Gasteiger partial charge in [-0.3, -0.25) is 4.72 Å². The van der Waals surface area contributed by atoms with Gasteiger partial charge >= 0.3 is 15.5 Å². The number of hydrogen-bond donors (Lipinski definition) is 1. The molecule has 0 aliphatic carbocycles. The van der Waals surface area contributed by atoms with Gasteiger partial charge in [-0.25, -0.2) is 16.8 Å². The molecule has 156 valence electrons. The van der Waals surface area contributed by atoms with Crippen molar-refractivity contribution >= 4 is 48.1 Å². The van der Waals surface area contributed by atoms with Crippen molar-refractivity contribution in [3.8, 4) is 0 Å². The summed E-state index contributed by atoms with van der Waals surface area (Å²) in [6, 6.07) is 4.35. The van der Waals surface area contributed by atoms with Crippen LogP contribution in [0.25, 0.3) is 0 Å². The van der Waals surface area contributed by atoms with Crippen molar-refractivity contribution in [2.75, 3.05) is 18.3 Å². The SMILES string of the molecule is Cc1c(Cl)cccc1S(=O)(=O)Nc1nnc(CCN(C)S(=O)(=O)C(F)(F)F)s1. The summed E-state index contributed by atoms with van der Waals surface area (Å²) in [6.45, 7) is 1.02. The predicted octanol–water partition coefficient (Wildman–Crippen LogP) is 2.62. The smallest absolute Gasteiger partial charge is 0.253 e. The molecule has 0 saturated carbocycles. The van der Waals surface area contributed by atoms with Gasteiger partial charge in [0.1, 0.15) is 5.01 Å². The molecule has 0 aliphatic rings. The highest BCUT2D eigenvalue weighted by molar-refractivity contribution is 7.93. The van der Waals surface area contributed by atoms with Crippen LogP contribution in [0.5, 0.6) is 0 Å². The molecule has 0 aliphatic heterocycles. The van der Waals surface area contributed by atoms with E-state index in [-0.39, 0.29) is 30.8 Å². The van der Waals surface area contributed by atoms with Crippen molar-refractivity contribution < 1.29 is 30.0 Å². The molecule has 8 nitrogen and oxygen atoms in total. The van der Waals surface area contributed by atoms with E-state index in [4.69, 9.17) is 11.6 Å². The first kappa shape index (κ1) is 22.8. The molecule has 15 heteroatoms. The zero-order chi connectivity index (χ0) is 21.3. The molecule has 0 bridgehead atoms. The third kappa shape index (κ3) is 4.92. The summed E-state index contributed by atoms with van der Waals surface area (Å²) >= 11 is 6.69. The molecule has 0 radical (unpaired) electrons. The molecule has 0 amide bonds. The lowest BCUT2D eigenvalue weighted by atomic mass is 10.2. The molecule has 0 atom stereocenters. The van der Waals surface area contributed by atoms with Crippen LogP contribution in [0.1, 0.15) is 10.6 Å². The number of likely N-dealkylation sites (N-methyl/N-ethyl adjacent to an activating group) is 1. The van der Waals surface area contributed by atoms with E-state index in [2.05, 4.69) is 14.9 Å². The first-order chi connectivity index (χ1) is 12.8. The van der Waals surface area contributed by atoms with Crippen LogP contribution in [0.2, 0.25) is 5.02 Å². The molecular weight excluding hydrogens is 465 g/mol. The highest BCUT2D eigenvalue weighted by Crippen LogP contribution is 2.27. The van der Waals surface area contributed by atoms with Crippen LogP contribution in [0.15, 0.2) is 23.1 Å². The van der Waals surface area contributed by atoms with Gasteiger partial charge in [0.05, 0.1) is 4.90 Å². The molecule has 0 spiro atoms. The minimum atomic E-state index is -5.45. The fourth-order valence-corrected chi connectivity index (χ4v) is 5.14. The monoisotopic (exact) mass is 478 g/mol. The number of aromatic nitrogens is 2. The summed E-state index contributed by atoms with van der Waals surface area (Å²) < 4.78 is 87.2. The van der Waals surface area contributed by atoms with Crippen molar-refractivity contribution in [1.82, 2.24) is 14.5 Å². The molecule has 1 aromatic heterocycles. The van der Waals surface area contributed by atoms with Crippen LogP contribution in [0, 0.1) is 6.92 Å². The Bertz CT molecular complexity index is 1070. The standard InChI is InChI=1S/C13H14ClF3N4O4S3/c1-8-9(14)4-3-5-10(8)27(22,23)20-12-19-18-11(26-12)6-7-21(2)28(24,25)13(15,16)17/h3-5H,6-7H2,1-2H3,(H,19,20). The average molecular weight is 479 g/mol. The Morgan fingerprint density at radius 3 is 2.46 bits per heavy atom. The van der Waals surface area contributed by atoms with E-state index in [1.54, 1.807) is 0 Å².